The van der Waals surface area contributed by atoms with Gasteiger partial charge < -0.3 is 18.7 Å². The molecule has 2 aromatic heterocycles. The number of benzene rings is 2. The van der Waals surface area contributed by atoms with Crippen molar-refractivity contribution in [2.24, 2.45) is 0 Å². The molecule has 0 fully saturated rings. The predicted octanol–water partition coefficient (Wildman–Crippen LogP) is 3.83. The molecule has 0 atom stereocenters. The molecule has 0 aliphatic carbocycles. The van der Waals surface area contributed by atoms with Gasteiger partial charge in [-0.3, -0.25) is 0 Å². The minimum absolute atomic E-state index is 0.214. The summed E-state index contributed by atoms with van der Waals surface area (Å²) >= 11 is 0. The zero-order valence-electron chi connectivity index (χ0n) is 16.3. The highest BCUT2D eigenvalue weighted by Gasteiger charge is 2.16. The molecular formula is C21H20N4O4. The highest BCUT2D eigenvalue weighted by molar-refractivity contribution is 5.59. The lowest BCUT2D eigenvalue weighted by Gasteiger charge is -2.07. The lowest BCUT2D eigenvalue weighted by Crippen LogP contribution is -2.00. The van der Waals surface area contributed by atoms with Crippen LogP contribution in [0.3, 0.4) is 0 Å². The zero-order chi connectivity index (χ0) is 20.2. The number of aromatic nitrogens is 4. The molecule has 0 saturated heterocycles. The predicted molar refractivity (Wildman–Crippen MR) is 105 cm³/mol. The highest BCUT2D eigenvalue weighted by Crippen LogP contribution is 2.26. The molecule has 0 aliphatic heterocycles. The maximum absolute atomic E-state index is 5.74. The molecule has 0 bridgehead atoms. The fourth-order valence-corrected chi connectivity index (χ4v) is 2.81. The molecule has 0 radical (unpaired) electrons. The summed E-state index contributed by atoms with van der Waals surface area (Å²) in [7, 11) is 3.26. The van der Waals surface area contributed by atoms with E-state index in [4.69, 9.17) is 18.7 Å². The second-order valence-corrected chi connectivity index (χ2v) is 6.27. The van der Waals surface area contributed by atoms with E-state index < -0.39 is 0 Å². The summed E-state index contributed by atoms with van der Waals surface area (Å²) in [5, 5.41) is 8.45. The van der Waals surface area contributed by atoms with E-state index in [1.165, 1.54) is 0 Å². The number of nitrogens with zero attached hydrogens (tertiary/aromatic N) is 4. The lowest BCUT2D eigenvalue weighted by atomic mass is 10.2. The average molecular weight is 392 g/mol. The van der Waals surface area contributed by atoms with E-state index in [1.54, 1.807) is 18.9 Å². The van der Waals surface area contributed by atoms with Crippen LogP contribution in [0.4, 0.5) is 0 Å². The number of ether oxygens (including phenoxy) is 3. The van der Waals surface area contributed by atoms with Crippen LogP contribution in [-0.2, 0) is 6.61 Å². The summed E-state index contributed by atoms with van der Waals surface area (Å²) in [4.78, 5) is 4.58. The number of rotatable bonds is 7. The topological polar surface area (TPSA) is 84.4 Å². The molecule has 29 heavy (non-hydrogen) atoms. The molecule has 4 aromatic rings. The third-order valence-corrected chi connectivity index (χ3v) is 4.28. The molecule has 0 unspecified atom stereocenters. The molecule has 0 N–H and O–H groups in total. The third-order valence-electron chi connectivity index (χ3n) is 4.28. The van der Waals surface area contributed by atoms with Gasteiger partial charge in [0.25, 0.3) is 0 Å². The molecule has 0 aliphatic rings. The average Bonchev–Trinajstić information content (AvgIpc) is 3.38. The Hall–Kier alpha value is -3.81. The second kappa shape index (κ2) is 8.05. The normalized spacial score (nSPS) is 10.7. The van der Waals surface area contributed by atoms with E-state index in [0.29, 0.717) is 11.5 Å². The number of aryl methyl sites for hydroxylation is 1. The van der Waals surface area contributed by atoms with Crippen molar-refractivity contribution >= 4 is 0 Å². The van der Waals surface area contributed by atoms with Gasteiger partial charge in [-0.2, -0.15) is 4.98 Å². The Balaban J connectivity index is 1.68. The van der Waals surface area contributed by atoms with Gasteiger partial charge in [0.1, 0.15) is 29.6 Å². The van der Waals surface area contributed by atoms with Crippen molar-refractivity contribution in [2.75, 3.05) is 14.2 Å². The highest BCUT2D eigenvalue weighted by atomic mass is 16.5. The third kappa shape index (κ3) is 4.06. The molecule has 2 aromatic carbocycles. The molecule has 0 spiro atoms. The van der Waals surface area contributed by atoms with Crippen LogP contribution in [0, 0.1) is 6.92 Å². The zero-order valence-corrected chi connectivity index (χ0v) is 16.3. The Kier molecular flexibility index (Phi) is 5.15. The Morgan fingerprint density at radius 1 is 0.931 bits per heavy atom. The number of hydrogen-bond acceptors (Lipinski definition) is 7. The quantitative estimate of drug-likeness (QED) is 0.473. The minimum Gasteiger partial charge on any atom is -0.497 e. The van der Waals surface area contributed by atoms with Gasteiger partial charge in [-0.1, -0.05) is 5.16 Å². The standard InChI is InChI=1S/C21H20N4O4/c1-14-12-16(24-29-14)13-28-21-22-20(15-4-8-18(26-2)9-5-15)25(23-21)17-6-10-19(27-3)11-7-17/h4-12H,13H2,1-3H3. The fraction of sp³-hybridized carbons (Fsp3) is 0.190. The maximum Gasteiger partial charge on any atom is 0.336 e. The molecule has 8 heteroatoms. The van der Waals surface area contributed by atoms with Crippen molar-refractivity contribution in [3.8, 4) is 34.6 Å². The van der Waals surface area contributed by atoms with Gasteiger partial charge in [0.2, 0.25) is 0 Å². The summed E-state index contributed by atoms with van der Waals surface area (Å²) in [6.07, 6.45) is 0. The molecule has 0 saturated carbocycles. The molecule has 0 amide bonds. The Morgan fingerprint density at radius 2 is 1.59 bits per heavy atom. The van der Waals surface area contributed by atoms with Gasteiger partial charge >= 0.3 is 6.01 Å². The first-order valence-corrected chi connectivity index (χ1v) is 8.97. The van der Waals surface area contributed by atoms with Crippen molar-refractivity contribution < 1.29 is 18.7 Å². The van der Waals surface area contributed by atoms with E-state index in [9.17, 15) is 0 Å². The van der Waals surface area contributed by atoms with Crippen molar-refractivity contribution in [2.45, 2.75) is 13.5 Å². The first-order valence-electron chi connectivity index (χ1n) is 8.97. The van der Waals surface area contributed by atoms with Gasteiger partial charge in [0.15, 0.2) is 5.82 Å². The van der Waals surface area contributed by atoms with Crippen LogP contribution in [0.25, 0.3) is 17.1 Å². The van der Waals surface area contributed by atoms with Crippen LogP contribution in [0.5, 0.6) is 17.5 Å². The van der Waals surface area contributed by atoms with Crippen LogP contribution in [0.2, 0.25) is 0 Å². The van der Waals surface area contributed by atoms with Crippen LogP contribution in [0.1, 0.15) is 11.5 Å². The van der Waals surface area contributed by atoms with E-state index >= 15 is 0 Å². The number of hydrogen-bond donors (Lipinski definition) is 0. The smallest absolute Gasteiger partial charge is 0.336 e. The summed E-state index contributed by atoms with van der Waals surface area (Å²) < 4.78 is 23.0. The number of methoxy groups -OCH3 is 2. The van der Waals surface area contributed by atoms with Crippen molar-refractivity contribution in [3.05, 3.63) is 66.1 Å². The van der Waals surface area contributed by atoms with Crippen LogP contribution in [0.15, 0.2) is 59.1 Å². The van der Waals surface area contributed by atoms with Gasteiger partial charge in [0.05, 0.1) is 19.9 Å². The summed E-state index contributed by atoms with van der Waals surface area (Å²) in [5.41, 5.74) is 2.38. The monoisotopic (exact) mass is 392 g/mol. The summed E-state index contributed by atoms with van der Waals surface area (Å²) in [6, 6.07) is 17.2. The Labute approximate surface area is 167 Å². The van der Waals surface area contributed by atoms with E-state index in [1.807, 2.05) is 61.5 Å². The van der Waals surface area contributed by atoms with Crippen LogP contribution >= 0.6 is 0 Å². The molecule has 2 heterocycles. The molecule has 8 nitrogen and oxygen atoms in total. The minimum atomic E-state index is 0.214. The summed E-state index contributed by atoms with van der Waals surface area (Å²) in [5.74, 6) is 2.89. The fourth-order valence-electron chi connectivity index (χ4n) is 2.81. The van der Waals surface area contributed by atoms with Gasteiger partial charge in [-0.05, 0) is 55.5 Å². The van der Waals surface area contributed by atoms with Crippen molar-refractivity contribution in [1.82, 2.24) is 19.9 Å². The van der Waals surface area contributed by atoms with Crippen molar-refractivity contribution in [1.29, 1.82) is 0 Å². The van der Waals surface area contributed by atoms with E-state index in [-0.39, 0.29) is 12.6 Å². The second-order valence-electron chi connectivity index (χ2n) is 6.27. The van der Waals surface area contributed by atoms with Crippen molar-refractivity contribution in [3.63, 3.8) is 0 Å². The SMILES string of the molecule is COc1ccc(-c2nc(OCc3cc(C)on3)nn2-c2ccc(OC)cc2)cc1. The molecule has 4 rings (SSSR count). The molecule has 148 valence electrons. The van der Waals surface area contributed by atoms with Crippen LogP contribution in [-0.4, -0.2) is 34.1 Å². The van der Waals surface area contributed by atoms with Gasteiger partial charge in [-0.25, -0.2) is 4.68 Å². The van der Waals surface area contributed by atoms with Gasteiger partial charge in [0, 0.05) is 11.6 Å². The first-order chi connectivity index (χ1) is 14.2. The van der Waals surface area contributed by atoms with Gasteiger partial charge in [-0.15, -0.1) is 5.10 Å². The largest absolute Gasteiger partial charge is 0.497 e. The maximum atomic E-state index is 5.74. The molecular weight excluding hydrogens is 372 g/mol. The summed E-state index contributed by atoms with van der Waals surface area (Å²) in [6.45, 7) is 2.04. The lowest BCUT2D eigenvalue weighted by molar-refractivity contribution is 0.266. The Bertz CT molecular complexity index is 1020. The first kappa shape index (κ1) is 18.5. The van der Waals surface area contributed by atoms with Crippen LogP contribution < -0.4 is 14.2 Å². The van der Waals surface area contributed by atoms with E-state index in [0.717, 1.165) is 28.5 Å². The van der Waals surface area contributed by atoms with E-state index in [2.05, 4.69) is 15.2 Å². The Morgan fingerprint density at radius 3 is 2.17 bits per heavy atom.